The number of benzene rings is 2. The van der Waals surface area contributed by atoms with Crippen LogP contribution in [0, 0.1) is 17.8 Å². The van der Waals surface area contributed by atoms with Gasteiger partial charge in [-0.2, -0.15) is 0 Å². The molecule has 0 radical (unpaired) electrons. The number of piperidine rings is 1. The smallest absolute Gasteiger partial charge is 0.240 e. The van der Waals surface area contributed by atoms with E-state index in [0.29, 0.717) is 5.69 Å². The van der Waals surface area contributed by atoms with Crippen LogP contribution in [0.25, 0.3) is 10.8 Å². The Labute approximate surface area is 144 Å². The molecular formula is C20H16N2O3. The predicted molar refractivity (Wildman–Crippen MR) is 92.6 cm³/mol. The van der Waals surface area contributed by atoms with Gasteiger partial charge in [0.2, 0.25) is 17.7 Å². The lowest BCUT2D eigenvalue weighted by atomic mass is 9.70. The standard InChI is InChI=1S/C20H16N2O3/c1-21-15-9-8-14(18(21)23)16-17(15)20(25)22(19(16)24)13-7-6-11-4-2-3-5-12(11)10-13/h2-10,14-17H,1H3/t14-,15+,16-,17+/m1/s1. The number of imide groups is 1. The van der Waals surface area contributed by atoms with Crippen LogP contribution in [0.15, 0.2) is 54.6 Å². The van der Waals surface area contributed by atoms with Crippen LogP contribution in [0.3, 0.4) is 0 Å². The second kappa shape index (κ2) is 4.79. The van der Waals surface area contributed by atoms with Crippen molar-refractivity contribution in [2.24, 2.45) is 17.8 Å². The van der Waals surface area contributed by atoms with E-state index < -0.39 is 17.8 Å². The van der Waals surface area contributed by atoms with Crippen molar-refractivity contribution in [1.29, 1.82) is 0 Å². The van der Waals surface area contributed by atoms with Crippen LogP contribution in [0.1, 0.15) is 0 Å². The topological polar surface area (TPSA) is 57.7 Å². The molecule has 0 spiro atoms. The molecule has 4 atom stereocenters. The van der Waals surface area contributed by atoms with E-state index in [1.165, 1.54) is 4.90 Å². The summed E-state index contributed by atoms with van der Waals surface area (Å²) < 4.78 is 0. The molecule has 5 heteroatoms. The lowest BCUT2D eigenvalue weighted by Gasteiger charge is -2.44. The quantitative estimate of drug-likeness (QED) is 0.593. The Morgan fingerprint density at radius 3 is 2.32 bits per heavy atom. The molecule has 3 heterocycles. The van der Waals surface area contributed by atoms with Gasteiger partial charge in [-0.25, -0.2) is 4.90 Å². The maximum Gasteiger partial charge on any atom is 0.240 e. The maximum absolute atomic E-state index is 13.1. The molecule has 2 saturated heterocycles. The third kappa shape index (κ3) is 1.75. The molecule has 2 aromatic carbocycles. The Hall–Kier alpha value is -2.95. The SMILES string of the molecule is CN1C(=O)[C@@H]2C=C[C@H]1[C@@H]1C(=O)N(c3ccc4ccccc4c3)C(=O)[C@@H]12. The molecule has 2 bridgehead atoms. The minimum atomic E-state index is -0.572. The Bertz CT molecular complexity index is 980. The number of nitrogens with zero attached hydrogens (tertiary/aromatic N) is 2. The number of carbonyl (C=O) groups is 3. The van der Waals surface area contributed by atoms with Gasteiger partial charge in [-0.15, -0.1) is 0 Å². The van der Waals surface area contributed by atoms with Gasteiger partial charge in [0.05, 0.1) is 29.5 Å². The number of carbonyl (C=O) groups excluding carboxylic acids is 3. The van der Waals surface area contributed by atoms with E-state index in [1.807, 2.05) is 42.5 Å². The minimum Gasteiger partial charge on any atom is -0.338 e. The van der Waals surface area contributed by atoms with Crippen LogP contribution in [-0.2, 0) is 14.4 Å². The Kier molecular flexibility index (Phi) is 2.76. The van der Waals surface area contributed by atoms with Crippen LogP contribution in [0.4, 0.5) is 5.69 Å². The first-order valence-electron chi connectivity index (χ1n) is 8.39. The monoisotopic (exact) mass is 332 g/mol. The number of anilines is 1. The highest BCUT2D eigenvalue weighted by Gasteiger charge is 2.61. The highest BCUT2D eigenvalue weighted by atomic mass is 16.2. The second-order valence-corrected chi connectivity index (χ2v) is 6.95. The van der Waals surface area contributed by atoms with Crippen molar-refractivity contribution in [3.63, 3.8) is 0 Å². The summed E-state index contributed by atoms with van der Waals surface area (Å²) in [6.45, 7) is 0. The Morgan fingerprint density at radius 2 is 1.52 bits per heavy atom. The molecule has 0 saturated carbocycles. The minimum absolute atomic E-state index is 0.0738. The van der Waals surface area contributed by atoms with Crippen molar-refractivity contribution in [1.82, 2.24) is 4.90 Å². The zero-order chi connectivity index (χ0) is 17.3. The van der Waals surface area contributed by atoms with Gasteiger partial charge in [0.15, 0.2) is 0 Å². The Morgan fingerprint density at radius 1 is 0.800 bits per heavy atom. The number of amides is 3. The molecule has 0 aromatic heterocycles. The van der Waals surface area contributed by atoms with Gasteiger partial charge in [0.1, 0.15) is 0 Å². The lowest BCUT2D eigenvalue weighted by Crippen LogP contribution is -2.57. The van der Waals surface area contributed by atoms with Crippen molar-refractivity contribution in [2.75, 3.05) is 11.9 Å². The molecule has 3 amide bonds. The molecule has 2 fully saturated rings. The third-order valence-electron chi connectivity index (χ3n) is 5.74. The fourth-order valence-corrected chi connectivity index (χ4v) is 4.48. The van der Waals surface area contributed by atoms with Crippen molar-refractivity contribution >= 4 is 34.2 Å². The van der Waals surface area contributed by atoms with Gasteiger partial charge in [-0.3, -0.25) is 14.4 Å². The number of likely N-dealkylation sites (N-methyl/N-ethyl adjacent to an activating group) is 1. The number of fused-ring (bicyclic) bond motifs is 2. The fraction of sp³-hybridized carbons (Fsp3) is 0.250. The van der Waals surface area contributed by atoms with E-state index in [4.69, 9.17) is 0 Å². The van der Waals surface area contributed by atoms with E-state index in [0.717, 1.165) is 10.8 Å². The molecule has 4 aliphatic rings. The zero-order valence-electron chi connectivity index (χ0n) is 13.6. The zero-order valence-corrected chi connectivity index (χ0v) is 13.6. The van der Waals surface area contributed by atoms with Crippen molar-refractivity contribution in [3.8, 4) is 0 Å². The molecular weight excluding hydrogens is 316 g/mol. The summed E-state index contributed by atoms with van der Waals surface area (Å²) in [5.74, 6) is -2.11. The van der Waals surface area contributed by atoms with Crippen LogP contribution in [0.5, 0.6) is 0 Å². The third-order valence-corrected chi connectivity index (χ3v) is 5.74. The first kappa shape index (κ1) is 14.4. The lowest BCUT2D eigenvalue weighted by molar-refractivity contribution is -0.148. The largest absolute Gasteiger partial charge is 0.338 e. The average molecular weight is 332 g/mol. The molecule has 124 valence electrons. The van der Waals surface area contributed by atoms with Crippen LogP contribution < -0.4 is 4.90 Å². The highest BCUT2D eigenvalue weighted by Crippen LogP contribution is 2.46. The molecule has 25 heavy (non-hydrogen) atoms. The summed E-state index contributed by atoms with van der Waals surface area (Å²) in [5, 5.41) is 2.03. The number of rotatable bonds is 1. The first-order chi connectivity index (χ1) is 12.1. The van der Waals surface area contributed by atoms with E-state index in [2.05, 4.69) is 0 Å². The van der Waals surface area contributed by atoms with Crippen molar-refractivity contribution in [3.05, 3.63) is 54.6 Å². The van der Waals surface area contributed by atoms with Gasteiger partial charge in [0.25, 0.3) is 0 Å². The molecule has 1 aliphatic carbocycles. The van der Waals surface area contributed by atoms with Crippen molar-refractivity contribution < 1.29 is 14.4 Å². The number of hydrogen-bond acceptors (Lipinski definition) is 3. The molecule has 3 aliphatic heterocycles. The molecule has 0 N–H and O–H groups in total. The van der Waals surface area contributed by atoms with Gasteiger partial charge >= 0.3 is 0 Å². The van der Waals surface area contributed by atoms with Gasteiger partial charge in [0, 0.05) is 7.05 Å². The maximum atomic E-state index is 13.1. The van der Waals surface area contributed by atoms with Gasteiger partial charge < -0.3 is 4.90 Å². The summed E-state index contributed by atoms with van der Waals surface area (Å²) in [6, 6.07) is 13.1. The summed E-state index contributed by atoms with van der Waals surface area (Å²) in [7, 11) is 1.70. The fourth-order valence-electron chi connectivity index (χ4n) is 4.48. The van der Waals surface area contributed by atoms with E-state index in [9.17, 15) is 14.4 Å². The number of hydrogen-bond donors (Lipinski definition) is 0. The van der Waals surface area contributed by atoms with E-state index in [1.54, 1.807) is 24.1 Å². The van der Waals surface area contributed by atoms with Crippen LogP contribution in [0.2, 0.25) is 0 Å². The molecule has 6 rings (SSSR count). The highest BCUT2D eigenvalue weighted by molar-refractivity contribution is 6.24. The second-order valence-electron chi connectivity index (χ2n) is 6.95. The van der Waals surface area contributed by atoms with Gasteiger partial charge in [-0.05, 0) is 22.9 Å². The van der Waals surface area contributed by atoms with Crippen LogP contribution >= 0.6 is 0 Å². The summed E-state index contributed by atoms with van der Waals surface area (Å²) >= 11 is 0. The van der Waals surface area contributed by atoms with Crippen LogP contribution in [-0.4, -0.2) is 35.7 Å². The van der Waals surface area contributed by atoms with Gasteiger partial charge in [-0.1, -0.05) is 42.5 Å². The summed E-state index contributed by atoms with van der Waals surface area (Å²) in [5.41, 5.74) is 0.581. The van der Waals surface area contributed by atoms with E-state index in [-0.39, 0.29) is 23.8 Å². The predicted octanol–water partition coefficient (Wildman–Crippen LogP) is 1.97. The molecule has 0 unspecified atom stereocenters. The van der Waals surface area contributed by atoms with Crippen molar-refractivity contribution in [2.45, 2.75) is 6.04 Å². The normalized spacial score (nSPS) is 30.5. The average Bonchev–Trinajstić information content (AvgIpc) is 2.90. The summed E-state index contributed by atoms with van der Waals surface area (Å²) in [6.07, 6.45) is 3.69. The van der Waals surface area contributed by atoms with E-state index >= 15 is 0 Å². The summed E-state index contributed by atoms with van der Waals surface area (Å²) in [4.78, 5) is 41.4. The first-order valence-corrected chi connectivity index (χ1v) is 8.39. The molecule has 2 aromatic rings. The molecule has 5 nitrogen and oxygen atoms in total. The Balaban J connectivity index is 1.61.